The van der Waals surface area contributed by atoms with E-state index in [0.29, 0.717) is 17.3 Å². The van der Waals surface area contributed by atoms with Crippen LogP contribution in [0.2, 0.25) is 0 Å². The summed E-state index contributed by atoms with van der Waals surface area (Å²) < 4.78 is 15.6. The van der Waals surface area contributed by atoms with Gasteiger partial charge in [-0.3, -0.25) is 9.48 Å². The van der Waals surface area contributed by atoms with Crippen molar-refractivity contribution in [1.82, 2.24) is 20.0 Å². The molecule has 3 rings (SSSR count). The molecule has 1 N–H and O–H groups in total. The van der Waals surface area contributed by atoms with Crippen LogP contribution >= 0.6 is 12.4 Å². The average molecular weight is 353 g/mol. The van der Waals surface area contributed by atoms with E-state index in [4.69, 9.17) is 0 Å². The molecule has 5 nitrogen and oxygen atoms in total. The fourth-order valence-corrected chi connectivity index (χ4v) is 2.86. The largest absolute Gasteiger partial charge is 0.336 e. The predicted molar refractivity (Wildman–Crippen MR) is 92.8 cm³/mol. The molecule has 1 unspecified atom stereocenters. The van der Waals surface area contributed by atoms with Gasteiger partial charge in [0, 0.05) is 31.9 Å². The van der Waals surface area contributed by atoms with Crippen molar-refractivity contribution in [2.45, 2.75) is 25.4 Å². The van der Waals surface area contributed by atoms with Gasteiger partial charge in [-0.25, -0.2) is 4.39 Å². The quantitative estimate of drug-likeness (QED) is 0.920. The van der Waals surface area contributed by atoms with E-state index in [9.17, 15) is 9.18 Å². The van der Waals surface area contributed by atoms with E-state index in [2.05, 4.69) is 10.4 Å². The van der Waals surface area contributed by atoms with Crippen molar-refractivity contribution in [3.8, 4) is 0 Å². The van der Waals surface area contributed by atoms with Crippen LogP contribution in [0.4, 0.5) is 4.39 Å². The molecule has 1 aromatic heterocycles. The van der Waals surface area contributed by atoms with Gasteiger partial charge in [0.2, 0.25) is 0 Å². The molecule has 1 amide bonds. The molecule has 0 radical (unpaired) electrons. The molecule has 1 aliphatic heterocycles. The summed E-state index contributed by atoms with van der Waals surface area (Å²) >= 11 is 0. The van der Waals surface area contributed by atoms with Crippen molar-refractivity contribution in [2.24, 2.45) is 0 Å². The van der Waals surface area contributed by atoms with E-state index in [0.717, 1.165) is 25.9 Å². The number of hydrogen-bond donors (Lipinski definition) is 1. The Morgan fingerprint density at radius 2 is 2.21 bits per heavy atom. The summed E-state index contributed by atoms with van der Waals surface area (Å²) in [6, 6.07) is 8.52. The number of nitrogens with one attached hydrogen (secondary N) is 1. The SMILES string of the molecule is CN(Cc1ccccc1F)C(=O)c1ccn(C2CCCNC2)n1.Cl. The average Bonchev–Trinajstić information content (AvgIpc) is 3.07. The molecule has 0 saturated carbocycles. The summed E-state index contributed by atoms with van der Waals surface area (Å²) in [5.41, 5.74) is 0.897. The first kappa shape index (κ1) is 18.4. The second-order valence-corrected chi connectivity index (χ2v) is 5.93. The normalized spacial score (nSPS) is 17.2. The second-order valence-electron chi connectivity index (χ2n) is 5.93. The molecule has 0 bridgehead atoms. The third-order valence-electron chi connectivity index (χ3n) is 4.18. The van der Waals surface area contributed by atoms with Gasteiger partial charge in [-0.1, -0.05) is 18.2 Å². The van der Waals surface area contributed by atoms with Gasteiger partial charge in [0.05, 0.1) is 6.04 Å². The lowest BCUT2D eigenvalue weighted by Gasteiger charge is -2.23. The van der Waals surface area contributed by atoms with E-state index >= 15 is 0 Å². The zero-order chi connectivity index (χ0) is 16.2. The van der Waals surface area contributed by atoms with Gasteiger partial charge in [0.1, 0.15) is 11.5 Å². The van der Waals surface area contributed by atoms with Crippen molar-refractivity contribution in [3.05, 3.63) is 53.6 Å². The number of rotatable bonds is 4. The summed E-state index contributed by atoms with van der Waals surface area (Å²) in [6.45, 7) is 2.14. The van der Waals surface area contributed by atoms with Gasteiger partial charge in [0.15, 0.2) is 0 Å². The molecule has 1 aliphatic rings. The van der Waals surface area contributed by atoms with E-state index < -0.39 is 0 Å². The number of halogens is 2. The summed E-state index contributed by atoms with van der Waals surface area (Å²) in [6.07, 6.45) is 4.02. The highest BCUT2D eigenvalue weighted by Gasteiger charge is 2.20. The summed E-state index contributed by atoms with van der Waals surface area (Å²) in [5.74, 6) is -0.498. The Hall–Kier alpha value is -1.92. The standard InChI is InChI=1S/C17H21FN4O.ClH/c1-21(12-13-5-2-3-7-15(13)18)17(23)16-8-10-22(20-16)14-6-4-9-19-11-14;/h2-3,5,7-8,10,14,19H,4,6,9,11-12H2,1H3;1H. The van der Waals surface area contributed by atoms with Crippen molar-refractivity contribution in [1.29, 1.82) is 0 Å². The molecule has 130 valence electrons. The molecule has 2 heterocycles. The minimum absolute atomic E-state index is 0. The first-order valence-electron chi connectivity index (χ1n) is 7.90. The molecule has 1 fully saturated rings. The maximum atomic E-state index is 13.7. The van der Waals surface area contributed by atoms with Gasteiger partial charge in [-0.05, 0) is 31.5 Å². The Labute approximate surface area is 147 Å². The molecule has 1 saturated heterocycles. The van der Waals surface area contributed by atoms with Crippen LogP contribution in [-0.4, -0.2) is 40.7 Å². The lowest BCUT2D eigenvalue weighted by Crippen LogP contribution is -2.32. The number of amides is 1. The Bertz CT molecular complexity index is 685. The van der Waals surface area contributed by atoms with E-state index in [1.165, 1.54) is 11.0 Å². The topological polar surface area (TPSA) is 50.2 Å². The van der Waals surface area contributed by atoms with Crippen LogP contribution in [0.1, 0.15) is 34.9 Å². The molecular weight excluding hydrogens is 331 g/mol. The van der Waals surface area contributed by atoms with E-state index in [1.54, 1.807) is 31.3 Å². The third-order valence-corrected chi connectivity index (χ3v) is 4.18. The maximum absolute atomic E-state index is 13.7. The van der Waals surface area contributed by atoms with E-state index in [1.807, 2.05) is 10.9 Å². The fraction of sp³-hybridized carbons (Fsp3) is 0.412. The highest BCUT2D eigenvalue weighted by molar-refractivity contribution is 5.92. The minimum Gasteiger partial charge on any atom is -0.336 e. The highest BCUT2D eigenvalue weighted by Crippen LogP contribution is 2.17. The van der Waals surface area contributed by atoms with Gasteiger partial charge in [-0.2, -0.15) is 5.10 Å². The lowest BCUT2D eigenvalue weighted by atomic mass is 10.1. The fourth-order valence-electron chi connectivity index (χ4n) is 2.86. The first-order chi connectivity index (χ1) is 11.1. The van der Waals surface area contributed by atoms with Crippen LogP contribution in [0, 0.1) is 5.82 Å². The van der Waals surface area contributed by atoms with Crippen LogP contribution in [-0.2, 0) is 6.54 Å². The Kier molecular flexibility index (Phi) is 6.34. The summed E-state index contributed by atoms with van der Waals surface area (Å²) in [4.78, 5) is 14.0. The van der Waals surface area contributed by atoms with Crippen LogP contribution in [0.15, 0.2) is 36.5 Å². The van der Waals surface area contributed by atoms with Crippen molar-refractivity contribution in [3.63, 3.8) is 0 Å². The maximum Gasteiger partial charge on any atom is 0.274 e. The van der Waals surface area contributed by atoms with E-state index in [-0.39, 0.29) is 30.7 Å². The van der Waals surface area contributed by atoms with Crippen LogP contribution < -0.4 is 5.32 Å². The number of aromatic nitrogens is 2. The monoisotopic (exact) mass is 352 g/mol. The summed E-state index contributed by atoms with van der Waals surface area (Å²) in [7, 11) is 1.66. The van der Waals surface area contributed by atoms with Gasteiger partial charge < -0.3 is 10.2 Å². The van der Waals surface area contributed by atoms with Crippen molar-refractivity contribution >= 4 is 18.3 Å². The highest BCUT2D eigenvalue weighted by atomic mass is 35.5. The van der Waals surface area contributed by atoms with Gasteiger partial charge >= 0.3 is 0 Å². The molecule has 2 aromatic rings. The predicted octanol–water partition coefficient (Wildman–Crippen LogP) is 2.64. The molecule has 1 atom stereocenters. The molecule has 0 spiro atoms. The Balaban J connectivity index is 0.00000208. The van der Waals surface area contributed by atoms with Crippen molar-refractivity contribution < 1.29 is 9.18 Å². The zero-order valence-corrected chi connectivity index (χ0v) is 14.4. The number of hydrogen-bond acceptors (Lipinski definition) is 3. The van der Waals surface area contributed by atoms with Crippen LogP contribution in [0.5, 0.6) is 0 Å². The molecule has 0 aliphatic carbocycles. The first-order valence-corrected chi connectivity index (χ1v) is 7.90. The number of piperidine rings is 1. The van der Waals surface area contributed by atoms with Crippen molar-refractivity contribution in [2.75, 3.05) is 20.1 Å². The number of carbonyl (C=O) groups excluding carboxylic acids is 1. The smallest absolute Gasteiger partial charge is 0.274 e. The molecule has 24 heavy (non-hydrogen) atoms. The Morgan fingerprint density at radius 3 is 2.92 bits per heavy atom. The van der Waals surface area contributed by atoms with Gasteiger partial charge in [-0.15, -0.1) is 12.4 Å². The molecule has 7 heteroatoms. The second kappa shape index (κ2) is 8.26. The number of benzene rings is 1. The summed E-state index contributed by atoms with van der Waals surface area (Å²) in [5, 5.41) is 7.75. The lowest BCUT2D eigenvalue weighted by molar-refractivity contribution is 0.0776. The Morgan fingerprint density at radius 1 is 1.42 bits per heavy atom. The third kappa shape index (κ3) is 4.13. The number of carbonyl (C=O) groups is 1. The zero-order valence-electron chi connectivity index (χ0n) is 13.6. The van der Waals surface area contributed by atoms with Crippen LogP contribution in [0.3, 0.4) is 0 Å². The molecular formula is C17H22ClFN4O. The number of nitrogens with zero attached hydrogens (tertiary/aromatic N) is 3. The van der Waals surface area contributed by atoms with Crippen LogP contribution in [0.25, 0.3) is 0 Å². The molecule has 1 aromatic carbocycles. The minimum atomic E-state index is -0.300. The van der Waals surface area contributed by atoms with Gasteiger partial charge in [0.25, 0.3) is 5.91 Å².